The first kappa shape index (κ1) is 14.2. The van der Waals surface area contributed by atoms with Crippen LogP contribution in [0.1, 0.15) is 59.2 Å². The molecule has 0 aliphatic rings. The highest BCUT2D eigenvalue weighted by Gasteiger charge is 2.25. The van der Waals surface area contributed by atoms with Gasteiger partial charge in [-0.2, -0.15) is 5.10 Å². The third-order valence-corrected chi connectivity index (χ3v) is 4.05. The van der Waals surface area contributed by atoms with Crippen molar-refractivity contribution in [2.24, 2.45) is 11.1 Å². The van der Waals surface area contributed by atoms with E-state index in [0.29, 0.717) is 6.04 Å². The summed E-state index contributed by atoms with van der Waals surface area (Å²) in [5.41, 5.74) is 7.55. The lowest BCUT2D eigenvalue weighted by atomic mass is 9.80. The van der Waals surface area contributed by atoms with Crippen molar-refractivity contribution in [1.29, 1.82) is 0 Å². The normalized spacial score (nSPS) is 15.9. The number of rotatable bonds is 6. The summed E-state index contributed by atoms with van der Waals surface area (Å²) in [7, 11) is 0. The van der Waals surface area contributed by atoms with Gasteiger partial charge in [-0.3, -0.25) is 4.68 Å². The molecule has 1 aromatic rings. The average Bonchev–Trinajstić information content (AvgIpc) is 2.76. The van der Waals surface area contributed by atoms with Crippen molar-refractivity contribution in [2.75, 3.05) is 0 Å². The molecule has 3 heteroatoms. The van der Waals surface area contributed by atoms with Gasteiger partial charge in [0.1, 0.15) is 0 Å². The zero-order chi connectivity index (χ0) is 13.1. The Kier molecular flexibility index (Phi) is 4.75. The molecule has 98 valence electrons. The highest BCUT2D eigenvalue weighted by Crippen LogP contribution is 2.25. The van der Waals surface area contributed by atoms with E-state index < -0.39 is 0 Å². The summed E-state index contributed by atoms with van der Waals surface area (Å²) in [6, 6.07) is 2.74. The van der Waals surface area contributed by atoms with Crippen molar-refractivity contribution in [3.63, 3.8) is 0 Å². The van der Waals surface area contributed by atoms with Crippen LogP contribution >= 0.6 is 0 Å². The Morgan fingerprint density at radius 2 is 2.06 bits per heavy atom. The topological polar surface area (TPSA) is 43.8 Å². The van der Waals surface area contributed by atoms with Crippen molar-refractivity contribution in [3.05, 3.63) is 18.0 Å². The van der Waals surface area contributed by atoms with Crippen molar-refractivity contribution in [3.8, 4) is 0 Å². The van der Waals surface area contributed by atoms with E-state index in [1.165, 1.54) is 0 Å². The number of aromatic nitrogens is 2. The lowest BCUT2D eigenvalue weighted by Gasteiger charge is -2.29. The van der Waals surface area contributed by atoms with E-state index in [2.05, 4.69) is 52.0 Å². The fraction of sp³-hybridized carbons (Fsp3) is 0.786. The predicted octanol–water partition coefficient (Wildman–Crippen LogP) is 3.16. The van der Waals surface area contributed by atoms with Crippen LogP contribution in [0.3, 0.4) is 0 Å². The molecule has 2 unspecified atom stereocenters. The standard InChI is InChI=1S/C14H27N3/c1-6-11(3)17-9-8-12(16-17)10-13(15)14(4,5)7-2/h8-9,11,13H,6-7,10,15H2,1-5H3. The lowest BCUT2D eigenvalue weighted by Crippen LogP contribution is -2.38. The Balaban J connectivity index is 2.66. The van der Waals surface area contributed by atoms with Gasteiger partial charge >= 0.3 is 0 Å². The Hall–Kier alpha value is -0.830. The molecule has 2 atom stereocenters. The summed E-state index contributed by atoms with van der Waals surface area (Å²) in [5, 5.41) is 4.61. The minimum Gasteiger partial charge on any atom is -0.327 e. The second-order valence-electron chi connectivity index (χ2n) is 5.70. The van der Waals surface area contributed by atoms with E-state index in [-0.39, 0.29) is 11.5 Å². The van der Waals surface area contributed by atoms with Gasteiger partial charge in [0.05, 0.1) is 5.69 Å². The largest absolute Gasteiger partial charge is 0.327 e. The van der Waals surface area contributed by atoms with Crippen molar-refractivity contribution in [2.45, 2.75) is 66.0 Å². The monoisotopic (exact) mass is 237 g/mol. The van der Waals surface area contributed by atoms with Crippen LogP contribution in [-0.2, 0) is 6.42 Å². The second kappa shape index (κ2) is 5.67. The van der Waals surface area contributed by atoms with Crippen LogP contribution < -0.4 is 5.73 Å². The molecular weight excluding hydrogens is 210 g/mol. The maximum Gasteiger partial charge on any atom is 0.0640 e. The lowest BCUT2D eigenvalue weighted by molar-refractivity contribution is 0.271. The van der Waals surface area contributed by atoms with Gasteiger partial charge in [0.2, 0.25) is 0 Å². The van der Waals surface area contributed by atoms with Crippen LogP contribution in [0.25, 0.3) is 0 Å². The Bertz CT molecular complexity index is 341. The third kappa shape index (κ3) is 3.56. The van der Waals surface area contributed by atoms with Gasteiger partial charge in [-0.25, -0.2) is 0 Å². The maximum absolute atomic E-state index is 6.26. The molecular formula is C14H27N3. The quantitative estimate of drug-likeness (QED) is 0.826. The first-order valence-corrected chi connectivity index (χ1v) is 6.70. The molecule has 0 aromatic carbocycles. The number of nitrogens with two attached hydrogens (primary N) is 1. The molecule has 0 saturated carbocycles. The Morgan fingerprint density at radius 3 is 2.59 bits per heavy atom. The van der Waals surface area contributed by atoms with Gasteiger partial charge in [0, 0.05) is 24.7 Å². The summed E-state index contributed by atoms with van der Waals surface area (Å²) in [4.78, 5) is 0. The van der Waals surface area contributed by atoms with E-state index in [0.717, 1.165) is 25.0 Å². The molecule has 0 radical (unpaired) electrons. The number of hydrogen-bond acceptors (Lipinski definition) is 2. The van der Waals surface area contributed by atoms with E-state index >= 15 is 0 Å². The van der Waals surface area contributed by atoms with Crippen molar-refractivity contribution in [1.82, 2.24) is 9.78 Å². The maximum atomic E-state index is 6.26. The molecule has 0 fully saturated rings. The van der Waals surface area contributed by atoms with Gasteiger partial charge in [-0.15, -0.1) is 0 Å². The summed E-state index contributed by atoms with van der Waals surface area (Å²) < 4.78 is 2.04. The number of nitrogens with zero attached hydrogens (tertiary/aromatic N) is 2. The summed E-state index contributed by atoms with van der Waals surface area (Å²) >= 11 is 0. The summed E-state index contributed by atoms with van der Waals surface area (Å²) in [5.74, 6) is 0. The minimum absolute atomic E-state index is 0.174. The molecule has 2 N–H and O–H groups in total. The molecule has 0 saturated heterocycles. The molecule has 0 aliphatic heterocycles. The minimum atomic E-state index is 0.174. The van der Waals surface area contributed by atoms with Crippen LogP contribution in [-0.4, -0.2) is 15.8 Å². The average molecular weight is 237 g/mol. The second-order valence-corrected chi connectivity index (χ2v) is 5.70. The molecule has 0 aliphatic carbocycles. The summed E-state index contributed by atoms with van der Waals surface area (Å²) in [6.07, 6.45) is 5.13. The fourth-order valence-electron chi connectivity index (χ4n) is 1.68. The molecule has 1 rings (SSSR count). The van der Waals surface area contributed by atoms with E-state index in [1.807, 2.05) is 4.68 Å². The van der Waals surface area contributed by atoms with Crippen LogP contribution in [0.15, 0.2) is 12.3 Å². The highest BCUT2D eigenvalue weighted by atomic mass is 15.3. The number of hydrogen-bond donors (Lipinski definition) is 1. The van der Waals surface area contributed by atoms with Gasteiger partial charge in [0.25, 0.3) is 0 Å². The third-order valence-electron chi connectivity index (χ3n) is 4.05. The fourth-order valence-corrected chi connectivity index (χ4v) is 1.68. The zero-order valence-electron chi connectivity index (χ0n) is 11.9. The molecule has 0 amide bonds. The highest BCUT2D eigenvalue weighted by molar-refractivity contribution is 5.03. The summed E-state index contributed by atoms with van der Waals surface area (Å²) in [6.45, 7) is 11.0. The first-order valence-electron chi connectivity index (χ1n) is 6.70. The van der Waals surface area contributed by atoms with E-state index in [9.17, 15) is 0 Å². The van der Waals surface area contributed by atoms with Gasteiger partial charge in [-0.05, 0) is 31.2 Å². The van der Waals surface area contributed by atoms with Gasteiger partial charge < -0.3 is 5.73 Å². The Labute approximate surface area is 105 Å². The van der Waals surface area contributed by atoms with Crippen LogP contribution in [0.5, 0.6) is 0 Å². The smallest absolute Gasteiger partial charge is 0.0640 e. The van der Waals surface area contributed by atoms with Gasteiger partial charge in [-0.1, -0.05) is 27.7 Å². The molecule has 17 heavy (non-hydrogen) atoms. The van der Waals surface area contributed by atoms with Crippen molar-refractivity contribution < 1.29 is 0 Å². The molecule has 1 heterocycles. The SMILES string of the molecule is CCC(C)n1ccc(CC(N)C(C)(C)CC)n1. The van der Waals surface area contributed by atoms with E-state index in [1.54, 1.807) is 0 Å². The molecule has 3 nitrogen and oxygen atoms in total. The van der Waals surface area contributed by atoms with E-state index in [4.69, 9.17) is 5.73 Å². The van der Waals surface area contributed by atoms with Gasteiger partial charge in [0.15, 0.2) is 0 Å². The molecule has 0 spiro atoms. The zero-order valence-corrected chi connectivity index (χ0v) is 11.9. The predicted molar refractivity (Wildman–Crippen MR) is 73.0 cm³/mol. The van der Waals surface area contributed by atoms with Crippen LogP contribution in [0, 0.1) is 5.41 Å². The van der Waals surface area contributed by atoms with Crippen LogP contribution in [0.2, 0.25) is 0 Å². The molecule has 1 aromatic heterocycles. The van der Waals surface area contributed by atoms with Crippen molar-refractivity contribution >= 4 is 0 Å². The molecule has 0 bridgehead atoms. The first-order chi connectivity index (χ1) is 7.90. The van der Waals surface area contributed by atoms with Crippen LogP contribution in [0.4, 0.5) is 0 Å². The Morgan fingerprint density at radius 1 is 1.41 bits per heavy atom.